The molecule has 3 rings (SSSR count). The quantitative estimate of drug-likeness (QED) is 0.132. The van der Waals surface area contributed by atoms with Gasteiger partial charge < -0.3 is 69.9 Å². The second kappa shape index (κ2) is 11.7. The van der Waals surface area contributed by atoms with Gasteiger partial charge in [-0.25, -0.2) is 0 Å². The van der Waals surface area contributed by atoms with Crippen LogP contribution in [0.3, 0.4) is 0 Å². The van der Waals surface area contributed by atoms with Crippen molar-refractivity contribution in [2.45, 2.75) is 80.2 Å². The van der Waals surface area contributed by atoms with Crippen LogP contribution in [0, 0.1) is 0 Å². The maximum absolute atomic E-state index is 10.5. The van der Waals surface area contributed by atoms with Crippen LogP contribution < -0.4 is 5.73 Å². The zero-order valence-corrected chi connectivity index (χ0v) is 17.3. The lowest BCUT2D eigenvalue weighted by molar-refractivity contribution is -0.277. The normalized spacial score (nSPS) is 46.9. The Morgan fingerprint density at radius 3 is 1.62 bits per heavy atom. The van der Waals surface area contributed by atoms with Crippen molar-refractivity contribution in [3.63, 3.8) is 0 Å². The highest BCUT2D eigenvalue weighted by Gasteiger charge is 2.54. The Morgan fingerprint density at radius 1 is 0.625 bits per heavy atom. The fourth-order valence-electron chi connectivity index (χ4n) is 3.81. The van der Waals surface area contributed by atoms with Crippen molar-refractivity contribution < 1.29 is 64.2 Å². The molecule has 0 aliphatic carbocycles. The predicted octanol–water partition coefficient (Wildman–Crippen LogP) is -5.28. The monoisotopic (exact) mass is 471 g/mol. The number of aliphatic hydroxyl groups is 7. The summed E-state index contributed by atoms with van der Waals surface area (Å²) in [6.45, 7) is -1.11. The Labute approximate surface area is 184 Å². The summed E-state index contributed by atoms with van der Waals surface area (Å²) in [6.07, 6.45) is -14.8. The van der Waals surface area contributed by atoms with Crippen molar-refractivity contribution in [3.8, 4) is 0 Å². The molecule has 12 atom stereocenters. The van der Waals surface area contributed by atoms with E-state index in [1.165, 1.54) is 0 Å². The van der Waals surface area contributed by atoms with Gasteiger partial charge in [0.1, 0.15) is 54.9 Å². The van der Waals surface area contributed by atoms with Crippen LogP contribution in [0.5, 0.6) is 0 Å². The average Bonchev–Trinajstić information content (AvgIpc) is 3.36. The summed E-state index contributed by atoms with van der Waals surface area (Å²) in [5, 5.41) is 69.2. The molecule has 0 radical (unpaired) electrons. The standard InChI is InChI=1S/C18H33NO13/c19-2-1-3-27-17-14(11(24)8(5-21)29-17)32-18-15(12(25)9(6-22)30-18)31-16-13(26)10(23)7(4-20)28-16/h7-18,20-26H,1-6,19H2/t7-,8-,9-,10-,11-,12-,13+,14+,15+,16+,17-,18+/m0/s1. The Morgan fingerprint density at radius 2 is 1.09 bits per heavy atom. The molecular weight excluding hydrogens is 438 g/mol. The van der Waals surface area contributed by atoms with Crippen molar-refractivity contribution in [1.82, 2.24) is 0 Å². The Balaban J connectivity index is 1.71. The largest absolute Gasteiger partial charge is 0.394 e. The zero-order valence-electron chi connectivity index (χ0n) is 17.3. The third-order valence-corrected chi connectivity index (χ3v) is 5.66. The van der Waals surface area contributed by atoms with Gasteiger partial charge in [0.05, 0.1) is 26.4 Å². The van der Waals surface area contributed by atoms with E-state index in [0.29, 0.717) is 13.0 Å². The smallest absolute Gasteiger partial charge is 0.187 e. The van der Waals surface area contributed by atoms with Gasteiger partial charge in [0.2, 0.25) is 0 Å². The molecule has 0 aromatic carbocycles. The lowest BCUT2D eigenvalue weighted by atomic mass is 10.1. The fraction of sp³-hybridized carbons (Fsp3) is 1.00. The minimum absolute atomic E-state index is 0.196. The second-order valence-corrected chi connectivity index (χ2v) is 7.85. The van der Waals surface area contributed by atoms with Gasteiger partial charge in [-0.15, -0.1) is 0 Å². The Kier molecular flexibility index (Phi) is 9.54. The summed E-state index contributed by atoms with van der Waals surface area (Å²) >= 11 is 0. The lowest BCUT2D eigenvalue weighted by Gasteiger charge is -2.29. The molecule has 3 fully saturated rings. The molecule has 3 heterocycles. The van der Waals surface area contributed by atoms with E-state index in [1.54, 1.807) is 0 Å². The summed E-state index contributed by atoms with van der Waals surface area (Å²) < 4.78 is 33.2. The Hall–Kier alpha value is -0.560. The topological polar surface area (TPSA) is 223 Å². The van der Waals surface area contributed by atoms with Gasteiger partial charge >= 0.3 is 0 Å². The van der Waals surface area contributed by atoms with Crippen molar-refractivity contribution in [2.24, 2.45) is 5.73 Å². The van der Waals surface area contributed by atoms with Gasteiger partial charge in [0.25, 0.3) is 0 Å². The summed E-state index contributed by atoms with van der Waals surface area (Å²) in [6, 6.07) is 0. The number of ether oxygens (including phenoxy) is 6. The lowest BCUT2D eigenvalue weighted by Crippen LogP contribution is -2.47. The van der Waals surface area contributed by atoms with Crippen molar-refractivity contribution in [2.75, 3.05) is 33.0 Å². The van der Waals surface area contributed by atoms with Crippen LogP contribution in [-0.2, 0) is 28.4 Å². The van der Waals surface area contributed by atoms with Crippen LogP contribution in [0.25, 0.3) is 0 Å². The van der Waals surface area contributed by atoms with Crippen LogP contribution >= 0.6 is 0 Å². The molecule has 32 heavy (non-hydrogen) atoms. The maximum Gasteiger partial charge on any atom is 0.187 e. The first-order valence-corrected chi connectivity index (χ1v) is 10.5. The van der Waals surface area contributed by atoms with Gasteiger partial charge in [-0.1, -0.05) is 0 Å². The zero-order chi connectivity index (χ0) is 23.4. The molecule has 3 saturated heterocycles. The summed E-state index contributed by atoms with van der Waals surface area (Å²) in [4.78, 5) is 0. The molecule has 0 aromatic heterocycles. The molecule has 14 nitrogen and oxygen atoms in total. The van der Waals surface area contributed by atoms with Crippen LogP contribution in [0.1, 0.15) is 6.42 Å². The maximum atomic E-state index is 10.5. The number of nitrogens with two attached hydrogens (primary N) is 1. The molecule has 0 amide bonds. The van der Waals surface area contributed by atoms with Crippen molar-refractivity contribution >= 4 is 0 Å². The van der Waals surface area contributed by atoms with E-state index in [-0.39, 0.29) is 6.61 Å². The van der Waals surface area contributed by atoms with Crippen LogP contribution in [0.4, 0.5) is 0 Å². The van der Waals surface area contributed by atoms with E-state index in [1.807, 2.05) is 0 Å². The van der Waals surface area contributed by atoms with Gasteiger partial charge in [-0.3, -0.25) is 0 Å². The summed E-state index contributed by atoms with van der Waals surface area (Å²) in [5.41, 5.74) is 5.45. The Bertz CT molecular complexity index is 573. The molecule has 3 aliphatic heterocycles. The molecule has 9 N–H and O–H groups in total. The minimum Gasteiger partial charge on any atom is -0.394 e. The second-order valence-electron chi connectivity index (χ2n) is 7.85. The highest BCUT2D eigenvalue weighted by molar-refractivity contribution is 4.94. The molecule has 0 spiro atoms. The number of rotatable bonds is 11. The molecule has 0 aromatic rings. The van der Waals surface area contributed by atoms with E-state index >= 15 is 0 Å². The molecule has 0 saturated carbocycles. The molecule has 14 heteroatoms. The van der Waals surface area contributed by atoms with Crippen LogP contribution in [0.15, 0.2) is 0 Å². The predicted molar refractivity (Wildman–Crippen MR) is 101 cm³/mol. The molecule has 0 bridgehead atoms. The van der Waals surface area contributed by atoms with E-state index in [9.17, 15) is 35.7 Å². The van der Waals surface area contributed by atoms with E-state index in [4.69, 9.17) is 34.2 Å². The highest BCUT2D eigenvalue weighted by atomic mass is 16.8. The SMILES string of the molecule is NCCCO[C@H]1O[C@@H](CO)[C@H](O)[C@H]1O[C@H]1O[C@@H](CO)[C@H](O)[C@H]1O[C@H]1O[C@@H](CO)[C@H](O)[C@H]1O. The number of hydrogen-bond donors (Lipinski definition) is 8. The molecule has 0 unspecified atom stereocenters. The third kappa shape index (κ3) is 5.39. The fourth-order valence-corrected chi connectivity index (χ4v) is 3.81. The molecule has 188 valence electrons. The first-order valence-electron chi connectivity index (χ1n) is 10.5. The molecule has 3 aliphatic rings. The van der Waals surface area contributed by atoms with Gasteiger partial charge in [0.15, 0.2) is 18.9 Å². The highest BCUT2D eigenvalue weighted by Crippen LogP contribution is 2.34. The minimum atomic E-state index is -1.53. The van der Waals surface area contributed by atoms with E-state index in [0.717, 1.165) is 0 Å². The molecular formula is C18H33NO13. The van der Waals surface area contributed by atoms with Crippen molar-refractivity contribution in [1.29, 1.82) is 0 Å². The summed E-state index contributed by atoms with van der Waals surface area (Å²) in [5.74, 6) is 0. The third-order valence-electron chi connectivity index (χ3n) is 5.66. The van der Waals surface area contributed by atoms with Crippen molar-refractivity contribution in [3.05, 3.63) is 0 Å². The van der Waals surface area contributed by atoms with Gasteiger partial charge in [0, 0.05) is 0 Å². The summed E-state index contributed by atoms with van der Waals surface area (Å²) in [7, 11) is 0. The van der Waals surface area contributed by atoms with E-state index < -0.39 is 93.6 Å². The van der Waals surface area contributed by atoms with Crippen LogP contribution in [-0.4, -0.2) is 143 Å². The average molecular weight is 471 g/mol. The first-order chi connectivity index (χ1) is 15.4. The number of aliphatic hydroxyl groups excluding tert-OH is 7. The number of hydrogen-bond acceptors (Lipinski definition) is 14. The first kappa shape index (κ1) is 26.1. The van der Waals surface area contributed by atoms with Crippen LogP contribution in [0.2, 0.25) is 0 Å². The van der Waals surface area contributed by atoms with E-state index in [2.05, 4.69) is 0 Å². The van der Waals surface area contributed by atoms with Gasteiger partial charge in [-0.05, 0) is 13.0 Å². The van der Waals surface area contributed by atoms with Gasteiger partial charge in [-0.2, -0.15) is 0 Å².